The topological polar surface area (TPSA) is 107 Å². The predicted molar refractivity (Wildman–Crippen MR) is 139 cm³/mol. The normalized spacial score (nSPS) is 11.4. The highest BCUT2D eigenvalue weighted by Crippen LogP contribution is 2.29. The zero-order chi connectivity index (χ0) is 24.5. The minimum atomic E-state index is -0.378. The summed E-state index contributed by atoms with van der Waals surface area (Å²) in [6, 6.07) is 20.8. The highest BCUT2D eigenvalue weighted by Gasteiger charge is 2.24. The molecule has 0 radical (unpaired) electrons. The van der Waals surface area contributed by atoms with Crippen LogP contribution in [0.3, 0.4) is 0 Å². The molecule has 35 heavy (non-hydrogen) atoms. The second kappa shape index (κ2) is 8.90. The van der Waals surface area contributed by atoms with Crippen molar-refractivity contribution < 1.29 is 9.53 Å². The fourth-order valence-electron chi connectivity index (χ4n) is 3.94. The Morgan fingerprint density at radius 3 is 2.51 bits per heavy atom. The van der Waals surface area contributed by atoms with Gasteiger partial charge < -0.3 is 15.8 Å². The van der Waals surface area contributed by atoms with Crippen LogP contribution in [-0.4, -0.2) is 33.9 Å². The molecule has 8 nitrogen and oxygen atoms in total. The van der Waals surface area contributed by atoms with Crippen LogP contribution in [0.25, 0.3) is 22.2 Å². The number of para-hydroxylation sites is 3. The summed E-state index contributed by atoms with van der Waals surface area (Å²) in [6.45, 7) is 3.91. The molecule has 3 N–H and O–H groups in total. The quantitative estimate of drug-likeness (QED) is 0.359. The number of nitrogens with two attached hydrogens (primary N) is 1. The van der Waals surface area contributed by atoms with E-state index in [1.54, 1.807) is 13.3 Å². The van der Waals surface area contributed by atoms with Crippen LogP contribution in [0.15, 0.2) is 71.8 Å². The third kappa shape index (κ3) is 4.06. The van der Waals surface area contributed by atoms with Gasteiger partial charge in [0.1, 0.15) is 22.6 Å². The summed E-state index contributed by atoms with van der Waals surface area (Å²) in [7, 11) is 1.60. The summed E-state index contributed by atoms with van der Waals surface area (Å²) in [5.41, 5.74) is 12.3. The van der Waals surface area contributed by atoms with Crippen molar-refractivity contribution in [2.24, 2.45) is 5.10 Å². The van der Waals surface area contributed by atoms with Gasteiger partial charge in [0, 0.05) is 11.3 Å². The molecule has 1 amide bonds. The number of methoxy groups -OCH3 is 1. The largest absolute Gasteiger partial charge is 0.496 e. The van der Waals surface area contributed by atoms with Gasteiger partial charge in [0.25, 0.3) is 5.91 Å². The van der Waals surface area contributed by atoms with Crippen molar-refractivity contribution in [3.63, 3.8) is 0 Å². The van der Waals surface area contributed by atoms with E-state index in [1.165, 1.54) is 4.68 Å². The number of nitrogens with zero attached hydrogens (tertiary/aromatic N) is 4. The Labute approximate surface area is 202 Å². The Morgan fingerprint density at radius 2 is 1.74 bits per heavy atom. The van der Waals surface area contributed by atoms with E-state index < -0.39 is 0 Å². The number of carbonyl (C=O) groups is 1. The first-order valence-corrected chi connectivity index (χ1v) is 11.1. The first kappa shape index (κ1) is 22.1. The number of fused-ring (bicyclic) bond motifs is 2. The van der Waals surface area contributed by atoms with E-state index in [0.717, 1.165) is 16.7 Å². The van der Waals surface area contributed by atoms with E-state index in [-0.39, 0.29) is 17.3 Å². The lowest BCUT2D eigenvalue weighted by molar-refractivity contribution is 0.102. The summed E-state index contributed by atoms with van der Waals surface area (Å²) in [5.74, 6) is 0.428. The van der Waals surface area contributed by atoms with E-state index in [2.05, 4.69) is 10.4 Å². The van der Waals surface area contributed by atoms with Gasteiger partial charge in [-0.25, -0.2) is 9.97 Å². The van der Waals surface area contributed by atoms with E-state index in [0.29, 0.717) is 33.6 Å². The van der Waals surface area contributed by atoms with Crippen molar-refractivity contribution in [2.45, 2.75) is 13.8 Å². The second-order valence-corrected chi connectivity index (χ2v) is 8.22. The maximum absolute atomic E-state index is 13.5. The molecule has 0 aliphatic heterocycles. The van der Waals surface area contributed by atoms with Gasteiger partial charge in [0.05, 0.1) is 24.4 Å². The summed E-state index contributed by atoms with van der Waals surface area (Å²) >= 11 is 0. The number of rotatable bonds is 5. The van der Waals surface area contributed by atoms with Crippen molar-refractivity contribution in [3.05, 3.63) is 89.0 Å². The van der Waals surface area contributed by atoms with Gasteiger partial charge in [0.15, 0.2) is 5.65 Å². The lowest BCUT2D eigenvalue weighted by atomic mass is 10.1. The second-order valence-electron chi connectivity index (χ2n) is 8.22. The number of amides is 1. The van der Waals surface area contributed by atoms with Gasteiger partial charge in [-0.1, -0.05) is 36.4 Å². The minimum absolute atomic E-state index is 0.143. The average Bonchev–Trinajstić information content (AvgIpc) is 3.13. The Bertz CT molecular complexity index is 1620. The molecular weight excluding hydrogens is 440 g/mol. The van der Waals surface area contributed by atoms with Gasteiger partial charge in [0.2, 0.25) is 0 Å². The maximum atomic E-state index is 13.5. The van der Waals surface area contributed by atoms with Crippen molar-refractivity contribution in [1.29, 1.82) is 0 Å². The summed E-state index contributed by atoms with van der Waals surface area (Å²) in [6.07, 6.45) is 1.62. The van der Waals surface area contributed by atoms with Gasteiger partial charge in [-0.05, 0) is 55.3 Å². The number of hydrogen-bond acceptors (Lipinski definition) is 6. The summed E-state index contributed by atoms with van der Waals surface area (Å²) < 4.78 is 6.86. The van der Waals surface area contributed by atoms with E-state index in [4.69, 9.17) is 20.4 Å². The first-order chi connectivity index (χ1) is 17.0. The number of ether oxygens (including phenoxy) is 1. The molecule has 3 aromatic carbocycles. The zero-order valence-electron chi connectivity index (χ0n) is 19.6. The lowest BCUT2D eigenvalue weighted by Gasteiger charge is -2.09. The van der Waals surface area contributed by atoms with Gasteiger partial charge >= 0.3 is 0 Å². The maximum Gasteiger partial charge on any atom is 0.261 e. The number of aryl methyl sites for hydroxylation is 2. The molecule has 0 aliphatic carbocycles. The predicted octanol–water partition coefficient (Wildman–Crippen LogP) is 4.93. The molecule has 0 spiro atoms. The van der Waals surface area contributed by atoms with Crippen molar-refractivity contribution >= 4 is 45.8 Å². The number of benzene rings is 3. The Balaban J connectivity index is 1.68. The molecule has 0 unspecified atom stereocenters. The Hall–Kier alpha value is -4.72. The molecule has 5 aromatic rings. The lowest BCUT2D eigenvalue weighted by Crippen LogP contribution is -2.15. The third-order valence-corrected chi connectivity index (χ3v) is 5.79. The summed E-state index contributed by atoms with van der Waals surface area (Å²) in [4.78, 5) is 23.0. The Morgan fingerprint density at radius 1 is 1.03 bits per heavy atom. The van der Waals surface area contributed by atoms with Crippen LogP contribution < -0.4 is 15.8 Å². The fraction of sp³-hybridized carbons (Fsp3) is 0.111. The third-order valence-electron chi connectivity index (χ3n) is 5.79. The highest BCUT2D eigenvalue weighted by atomic mass is 16.5. The first-order valence-electron chi connectivity index (χ1n) is 11.1. The monoisotopic (exact) mass is 464 g/mol. The number of anilines is 2. The molecule has 174 valence electrons. The van der Waals surface area contributed by atoms with Crippen LogP contribution in [0.1, 0.15) is 27.0 Å². The van der Waals surface area contributed by atoms with Crippen LogP contribution >= 0.6 is 0 Å². The smallest absolute Gasteiger partial charge is 0.261 e. The number of nitrogens with one attached hydrogen (secondary N) is 1. The van der Waals surface area contributed by atoms with E-state index in [9.17, 15) is 4.79 Å². The molecule has 0 aliphatic rings. The van der Waals surface area contributed by atoms with E-state index >= 15 is 0 Å². The van der Waals surface area contributed by atoms with Gasteiger partial charge in [-0.3, -0.25) is 4.79 Å². The molecule has 5 rings (SSSR count). The van der Waals surface area contributed by atoms with Crippen LogP contribution in [0.5, 0.6) is 5.75 Å². The molecule has 0 bridgehead atoms. The van der Waals surface area contributed by atoms with Crippen LogP contribution in [0.2, 0.25) is 0 Å². The molecule has 0 fully saturated rings. The molecule has 2 heterocycles. The average molecular weight is 465 g/mol. The molecule has 0 saturated heterocycles. The van der Waals surface area contributed by atoms with Crippen molar-refractivity contribution in [1.82, 2.24) is 14.6 Å². The fourth-order valence-corrected chi connectivity index (χ4v) is 3.94. The Kier molecular flexibility index (Phi) is 5.62. The standard InChI is InChI=1S/C27H24N6O2/c1-16-12-13-17(2)21(14-16)32-27(34)23-24-26(31-20-10-6-5-9-19(20)30-24)33(25(23)28)29-15-18-8-4-7-11-22(18)35-3/h4-15H,28H2,1-3H3,(H,32,34)/b29-15-. The van der Waals surface area contributed by atoms with Crippen molar-refractivity contribution in [3.8, 4) is 5.75 Å². The highest BCUT2D eigenvalue weighted by molar-refractivity contribution is 6.16. The van der Waals surface area contributed by atoms with Crippen LogP contribution in [0.4, 0.5) is 11.5 Å². The number of hydrogen-bond donors (Lipinski definition) is 2. The number of carbonyl (C=O) groups excluding carboxylic acids is 1. The zero-order valence-corrected chi connectivity index (χ0v) is 19.6. The molecule has 2 aromatic heterocycles. The molecule has 8 heteroatoms. The molecular formula is C27H24N6O2. The van der Waals surface area contributed by atoms with Gasteiger partial charge in [-0.2, -0.15) is 9.78 Å². The summed E-state index contributed by atoms with van der Waals surface area (Å²) in [5, 5.41) is 7.55. The van der Waals surface area contributed by atoms with Gasteiger partial charge in [-0.15, -0.1) is 0 Å². The minimum Gasteiger partial charge on any atom is -0.496 e. The van der Waals surface area contributed by atoms with Crippen molar-refractivity contribution in [2.75, 3.05) is 18.2 Å². The van der Waals surface area contributed by atoms with Crippen LogP contribution in [0, 0.1) is 13.8 Å². The molecule has 0 atom stereocenters. The number of nitrogen functional groups attached to an aromatic ring is 1. The van der Waals surface area contributed by atoms with Crippen LogP contribution in [-0.2, 0) is 0 Å². The SMILES string of the molecule is COc1ccccc1/C=N\n1c(N)c(C(=O)Nc2cc(C)ccc2C)c2nc3ccccc3nc21. The number of aromatic nitrogens is 3. The molecule has 0 saturated carbocycles. The van der Waals surface area contributed by atoms with E-state index in [1.807, 2.05) is 80.6 Å².